The topological polar surface area (TPSA) is 14.2 Å². The zero-order chi connectivity index (χ0) is 19.1. The molecule has 2 nitrogen and oxygen atoms in total. The maximum Gasteiger partial charge on any atom is 0.119 e. The van der Waals surface area contributed by atoms with Crippen LogP contribution in [0.25, 0.3) is 38.6 Å². The van der Waals surface area contributed by atoms with Gasteiger partial charge in [-0.15, -0.1) is 0 Å². The molecule has 0 saturated heterocycles. The third kappa shape index (κ3) is 2.79. The summed E-state index contributed by atoms with van der Waals surface area (Å²) in [6, 6.07) is 31.9. The highest BCUT2D eigenvalue weighted by Gasteiger charge is 2.14. The van der Waals surface area contributed by atoms with Gasteiger partial charge in [0.2, 0.25) is 0 Å². The molecule has 28 heavy (non-hydrogen) atoms. The van der Waals surface area contributed by atoms with Crippen LogP contribution in [0.5, 0.6) is 5.75 Å². The number of nitrogens with zero attached hydrogens (tertiary/aromatic N) is 1. The van der Waals surface area contributed by atoms with E-state index in [1.807, 2.05) is 12.1 Å². The molecule has 0 aliphatic rings. The van der Waals surface area contributed by atoms with Crippen LogP contribution in [0, 0.1) is 0 Å². The van der Waals surface area contributed by atoms with Gasteiger partial charge in [0.25, 0.3) is 0 Å². The molecule has 0 saturated carbocycles. The fraction of sp³-hybridized carbons (Fsp3) is 0.0400. The summed E-state index contributed by atoms with van der Waals surface area (Å²) < 4.78 is 8.88. The monoisotopic (exact) mass is 427 g/mol. The number of hydrogen-bond acceptors (Lipinski definition) is 1. The zero-order valence-corrected chi connectivity index (χ0v) is 17.0. The second-order valence-corrected chi connectivity index (χ2v) is 7.71. The lowest BCUT2D eigenvalue weighted by Gasteiger charge is -2.09. The van der Waals surface area contributed by atoms with Crippen LogP contribution in [-0.4, -0.2) is 11.7 Å². The predicted molar refractivity (Wildman–Crippen MR) is 120 cm³/mol. The third-order valence-electron chi connectivity index (χ3n) is 5.15. The van der Waals surface area contributed by atoms with Gasteiger partial charge in [-0.1, -0.05) is 58.4 Å². The van der Waals surface area contributed by atoms with Crippen LogP contribution >= 0.6 is 15.9 Å². The minimum absolute atomic E-state index is 0.871. The Balaban J connectivity index is 1.86. The molecule has 0 amide bonds. The quantitative estimate of drug-likeness (QED) is 0.296. The largest absolute Gasteiger partial charge is 0.497 e. The van der Waals surface area contributed by atoms with Crippen LogP contribution in [0.3, 0.4) is 0 Å². The number of ether oxygens (including phenoxy) is 1. The molecule has 0 radical (unpaired) electrons. The second kappa shape index (κ2) is 6.84. The van der Waals surface area contributed by atoms with Gasteiger partial charge < -0.3 is 9.30 Å². The Morgan fingerprint density at radius 2 is 1.50 bits per heavy atom. The average molecular weight is 428 g/mol. The minimum Gasteiger partial charge on any atom is -0.497 e. The Morgan fingerprint density at radius 3 is 2.29 bits per heavy atom. The summed E-state index contributed by atoms with van der Waals surface area (Å²) in [5, 5.41) is 2.41. The van der Waals surface area contributed by atoms with Crippen LogP contribution < -0.4 is 4.74 Å². The van der Waals surface area contributed by atoms with Crippen LogP contribution in [0.2, 0.25) is 0 Å². The van der Waals surface area contributed by atoms with Crippen molar-refractivity contribution in [2.75, 3.05) is 7.11 Å². The first-order valence-electron chi connectivity index (χ1n) is 9.18. The molecule has 1 aromatic heterocycles. The summed E-state index contributed by atoms with van der Waals surface area (Å²) in [7, 11) is 1.71. The van der Waals surface area contributed by atoms with Crippen molar-refractivity contribution in [1.82, 2.24) is 4.57 Å². The predicted octanol–water partition coefficient (Wildman–Crippen LogP) is 7.22. The number of benzene rings is 4. The van der Waals surface area contributed by atoms with E-state index in [4.69, 9.17) is 4.74 Å². The number of para-hydroxylation sites is 1. The van der Waals surface area contributed by atoms with Crippen LogP contribution in [0.15, 0.2) is 95.5 Å². The number of hydrogen-bond donors (Lipinski definition) is 0. The Kier molecular flexibility index (Phi) is 4.18. The van der Waals surface area contributed by atoms with E-state index in [0.717, 1.165) is 15.9 Å². The fourth-order valence-electron chi connectivity index (χ4n) is 3.83. The van der Waals surface area contributed by atoms with Gasteiger partial charge in [-0.2, -0.15) is 0 Å². The molecular formula is C25H18BrNO. The van der Waals surface area contributed by atoms with E-state index in [0.29, 0.717) is 0 Å². The molecule has 0 spiro atoms. The number of methoxy groups -OCH3 is 1. The molecule has 0 aliphatic carbocycles. The van der Waals surface area contributed by atoms with Crippen molar-refractivity contribution in [3.63, 3.8) is 0 Å². The smallest absolute Gasteiger partial charge is 0.119 e. The Morgan fingerprint density at radius 1 is 0.679 bits per heavy atom. The molecule has 0 atom stereocenters. The maximum absolute atomic E-state index is 5.48. The van der Waals surface area contributed by atoms with Crippen molar-refractivity contribution in [2.45, 2.75) is 0 Å². The van der Waals surface area contributed by atoms with Gasteiger partial charge >= 0.3 is 0 Å². The first-order chi connectivity index (χ1) is 13.7. The van der Waals surface area contributed by atoms with Crippen LogP contribution in [0.4, 0.5) is 0 Å². The van der Waals surface area contributed by atoms with Gasteiger partial charge in [0.05, 0.1) is 18.1 Å². The van der Waals surface area contributed by atoms with Crippen molar-refractivity contribution in [3.05, 3.63) is 95.5 Å². The Labute approximate surface area is 172 Å². The van der Waals surface area contributed by atoms with E-state index >= 15 is 0 Å². The van der Waals surface area contributed by atoms with Gasteiger partial charge in [0, 0.05) is 20.9 Å². The van der Waals surface area contributed by atoms with Gasteiger partial charge in [0.15, 0.2) is 0 Å². The number of rotatable bonds is 3. The number of fused-ring (bicyclic) bond motifs is 3. The SMILES string of the molecule is COc1ccc2c(c1)c1ccc(-c3cccc(Br)c3)cc1n2-c1ccccc1. The third-order valence-corrected chi connectivity index (χ3v) is 5.64. The highest BCUT2D eigenvalue weighted by Crippen LogP contribution is 2.36. The second-order valence-electron chi connectivity index (χ2n) is 6.80. The minimum atomic E-state index is 0.871. The molecule has 0 fully saturated rings. The van der Waals surface area contributed by atoms with Crippen molar-refractivity contribution in [2.24, 2.45) is 0 Å². The lowest BCUT2D eigenvalue weighted by molar-refractivity contribution is 0.415. The van der Waals surface area contributed by atoms with E-state index in [1.54, 1.807) is 7.11 Å². The lowest BCUT2D eigenvalue weighted by Crippen LogP contribution is -1.93. The molecule has 5 rings (SSSR count). The average Bonchev–Trinajstić information content (AvgIpc) is 3.07. The van der Waals surface area contributed by atoms with Crippen LogP contribution in [-0.2, 0) is 0 Å². The standard InChI is InChI=1S/C25H18BrNO/c1-28-21-11-13-24-23(16-21)22-12-10-18(17-6-5-7-19(26)14-17)15-25(22)27(24)20-8-3-2-4-9-20/h2-16H,1H3. The lowest BCUT2D eigenvalue weighted by atomic mass is 10.0. The summed E-state index contributed by atoms with van der Waals surface area (Å²) in [5.74, 6) is 0.871. The zero-order valence-electron chi connectivity index (χ0n) is 15.4. The molecule has 136 valence electrons. The van der Waals surface area contributed by atoms with E-state index in [-0.39, 0.29) is 0 Å². The van der Waals surface area contributed by atoms with Crippen molar-refractivity contribution in [1.29, 1.82) is 0 Å². The molecule has 1 heterocycles. The normalized spacial score (nSPS) is 11.2. The van der Waals surface area contributed by atoms with E-state index in [1.165, 1.54) is 32.9 Å². The van der Waals surface area contributed by atoms with E-state index < -0.39 is 0 Å². The first-order valence-corrected chi connectivity index (χ1v) is 9.97. The van der Waals surface area contributed by atoms with E-state index in [2.05, 4.69) is 99.4 Å². The molecule has 0 aliphatic heterocycles. The van der Waals surface area contributed by atoms with Gasteiger partial charge in [0.1, 0.15) is 5.75 Å². The molecule has 0 unspecified atom stereocenters. The Bertz CT molecular complexity index is 1300. The van der Waals surface area contributed by atoms with Crippen molar-refractivity contribution >= 4 is 37.7 Å². The summed E-state index contributed by atoms with van der Waals surface area (Å²) in [6.45, 7) is 0. The Hall–Kier alpha value is -3.04. The van der Waals surface area contributed by atoms with Gasteiger partial charge in [-0.05, 0) is 59.7 Å². The van der Waals surface area contributed by atoms with Gasteiger partial charge in [-0.25, -0.2) is 0 Å². The molecule has 0 N–H and O–H groups in total. The highest BCUT2D eigenvalue weighted by molar-refractivity contribution is 9.10. The molecular weight excluding hydrogens is 410 g/mol. The molecule has 3 heteroatoms. The maximum atomic E-state index is 5.48. The molecule has 5 aromatic rings. The number of halogens is 1. The first kappa shape index (κ1) is 17.1. The van der Waals surface area contributed by atoms with Crippen LogP contribution in [0.1, 0.15) is 0 Å². The number of aromatic nitrogens is 1. The van der Waals surface area contributed by atoms with Gasteiger partial charge in [-0.3, -0.25) is 0 Å². The summed E-state index contributed by atoms with van der Waals surface area (Å²) in [6.07, 6.45) is 0. The molecule has 0 bridgehead atoms. The van der Waals surface area contributed by atoms with Crippen molar-refractivity contribution in [3.8, 4) is 22.6 Å². The summed E-state index contributed by atoms with van der Waals surface area (Å²) >= 11 is 3.59. The molecule has 4 aromatic carbocycles. The van der Waals surface area contributed by atoms with E-state index in [9.17, 15) is 0 Å². The highest BCUT2D eigenvalue weighted by atomic mass is 79.9. The summed E-state index contributed by atoms with van der Waals surface area (Å²) in [4.78, 5) is 0. The van der Waals surface area contributed by atoms with Crippen molar-refractivity contribution < 1.29 is 4.74 Å². The summed E-state index contributed by atoms with van der Waals surface area (Å²) in [5.41, 5.74) is 5.90. The fourth-order valence-corrected chi connectivity index (χ4v) is 4.23.